The summed E-state index contributed by atoms with van der Waals surface area (Å²) in [4.78, 5) is 11.8. The molecule has 1 unspecified atom stereocenters. The molecule has 0 saturated carbocycles. The van der Waals surface area contributed by atoms with E-state index < -0.39 is 0 Å². The van der Waals surface area contributed by atoms with Gasteiger partial charge in [0.2, 0.25) is 0 Å². The molecule has 0 aliphatic rings. The largest absolute Gasteiger partial charge is 0.348 e. The van der Waals surface area contributed by atoms with Crippen LogP contribution >= 0.6 is 0 Å². The minimum Gasteiger partial charge on any atom is -0.348 e. The Morgan fingerprint density at radius 2 is 2.11 bits per heavy atom. The molecule has 96 valence electrons. The number of amides is 2. The highest BCUT2D eigenvalue weighted by Gasteiger charge is 2.10. The summed E-state index contributed by atoms with van der Waals surface area (Å²) in [5.41, 5.74) is 1.95. The van der Waals surface area contributed by atoms with Gasteiger partial charge in [0.25, 0.3) is 0 Å². The van der Waals surface area contributed by atoms with Crippen molar-refractivity contribution >= 4 is 22.6 Å². The minimum atomic E-state index is -0.152. The lowest BCUT2D eigenvalue weighted by Crippen LogP contribution is -2.35. The zero-order valence-electron chi connectivity index (χ0n) is 11.0. The average molecular weight is 245 g/mol. The van der Waals surface area contributed by atoms with Crippen molar-refractivity contribution in [1.29, 1.82) is 0 Å². The van der Waals surface area contributed by atoms with Gasteiger partial charge in [-0.25, -0.2) is 4.79 Å². The Morgan fingerprint density at radius 3 is 2.83 bits per heavy atom. The summed E-state index contributed by atoms with van der Waals surface area (Å²) >= 11 is 0. The van der Waals surface area contributed by atoms with E-state index in [0.717, 1.165) is 23.0 Å². The zero-order chi connectivity index (χ0) is 13.1. The lowest BCUT2D eigenvalue weighted by atomic mass is 10.2. The van der Waals surface area contributed by atoms with Gasteiger partial charge in [-0.2, -0.15) is 0 Å². The van der Waals surface area contributed by atoms with Crippen LogP contribution in [0, 0.1) is 0 Å². The van der Waals surface area contributed by atoms with Crippen molar-refractivity contribution in [3.63, 3.8) is 0 Å². The van der Waals surface area contributed by atoms with E-state index in [-0.39, 0.29) is 12.1 Å². The number of para-hydroxylation sites is 1. The number of carbonyl (C=O) groups excluding carboxylic acids is 1. The molecule has 0 aliphatic heterocycles. The first-order valence-electron chi connectivity index (χ1n) is 6.23. The van der Waals surface area contributed by atoms with Crippen molar-refractivity contribution in [2.75, 3.05) is 5.32 Å². The number of nitrogens with zero attached hydrogens (tertiary/aromatic N) is 1. The standard InChI is InChI=1S/C14H19N3O/c1-4-10(2)15-14(18)16-12-9-17(3)13-8-6-5-7-11(12)13/h5-10H,4H2,1-3H3,(H2,15,16,18). The first-order chi connectivity index (χ1) is 8.61. The van der Waals surface area contributed by atoms with Gasteiger partial charge >= 0.3 is 6.03 Å². The third-order valence-electron chi connectivity index (χ3n) is 3.14. The second kappa shape index (κ2) is 5.12. The second-order valence-electron chi connectivity index (χ2n) is 4.58. The Balaban J connectivity index is 2.19. The van der Waals surface area contributed by atoms with Crippen molar-refractivity contribution in [3.05, 3.63) is 30.5 Å². The molecule has 1 aromatic carbocycles. The maximum absolute atomic E-state index is 11.8. The smallest absolute Gasteiger partial charge is 0.319 e. The van der Waals surface area contributed by atoms with E-state index in [1.54, 1.807) is 0 Å². The van der Waals surface area contributed by atoms with E-state index in [9.17, 15) is 4.79 Å². The Morgan fingerprint density at radius 1 is 1.39 bits per heavy atom. The summed E-state index contributed by atoms with van der Waals surface area (Å²) in [6.07, 6.45) is 2.85. The predicted octanol–water partition coefficient (Wildman–Crippen LogP) is 3.10. The summed E-state index contributed by atoms with van der Waals surface area (Å²) in [5.74, 6) is 0. The number of rotatable bonds is 3. The highest BCUT2D eigenvalue weighted by molar-refractivity contribution is 6.01. The lowest BCUT2D eigenvalue weighted by molar-refractivity contribution is 0.249. The molecule has 0 fully saturated rings. The van der Waals surface area contributed by atoms with Gasteiger partial charge in [-0.1, -0.05) is 25.1 Å². The number of aromatic nitrogens is 1. The number of urea groups is 1. The van der Waals surface area contributed by atoms with Crippen molar-refractivity contribution < 1.29 is 4.79 Å². The molecular formula is C14H19N3O. The van der Waals surface area contributed by atoms with E-state index in [1.807, 2.05) is 55.9 Å². The van der Waals surface area contributed by atoms with Gasteiger partial charge in [0.05, 0.1) is 5.69 Å². The summed E-state index contributed by atoms with van der Waals surface area (Å²) < 4.78 is 2.01. The third-order valence-corrected chi connectivity index (χ3v) is 3.14. The molecule has 4 nitrogen and oxygen atoms in total. The summed E-state index contributed by atoms with van der Waals surface area (Å²) in [5, 5.41) is 6.85. The molecule has 18 heavy (non-hydrogen) atoms. The molecule has 0 saturated heterocycles. The molecule has 1 heterocycles. The summed E-state index contributed by atoms with van der Waals surface area (Å²) in [6.45, 7) is 4.03. The van der Waals surface area contributed by atoms with Gasteiger partial charge in [0, 0.05) is 30.2 Å². The molecule has 1 aromatic heterocycles. The van der Waals surface area contributed by atoms with Crippen LogP contribution in [0.3, 0.4) is 0 Å². The van der Waals surface area contributed by atoms with Crippen molar-refractivity contribution in [3.8, 4) is 0 Å². The fourth-order valence-corrected chi connectivity index (χ4v) is 1.93. The Bertz CT molecular complexity index is 559. The van der Waals surface area contributed by atoms with Gasteiger partial charge in [0.15, 0.2) is 0 Å². The van der Waals surface area contributed by atoms with Crippen molar-refractivity contribution in [2.45, 2.75) is 26.3 Å². The Labute approximate surface area is 107 Å². The Kier molecular flexibility index (Phi) is 3.55. The zero-order valence-corrected chi connectivity index (χ0v) is 11.0. The highest BCUT2D eigenvalue weighted by Crippen LogP contribution is 2.24. The monoisotopic (exact) mass is 245 g/mol. The number of carbonyl (C=O) groups is 1. The van der Waals surface area contributed by atoms with Gasteiger partial charge in [-0.3, -0.25) is 0 Å². The Hall–Kier alpha value is -1.97. The van der Waals surface area contributed by atoms with Crippen LogP contribution in [-0.2, 0) is 7.05 Å². The van der Waals surface area contributed by atoms with E-state index in [2.05, 4.69) is 10.6 Å². The number of hydrogen-bond donors (Lipinski definition) is 2. The molecular weight excluding hydrogens is 226 g/mol. The predicted molar refractivity (Wildman–Crippen MR) is 74.8 cm³/mol. The maximum atomic E-state index is 11.8. The fourth-order valence-electron chi connectivity index (χ4n) is 1.93. The summed E-state index contributed by atoms with van der Waals surface area (Å²) in [7, 11) is 1.97. The quantitative estimate of drug-likeness (QED) is 0.857. The average Bonchev–Trinajstić information content (AvgIpc) is 2.67. The fraction of sp³-hybridized carbons (Fsp3) is 0.357. The number of hydrogen-bond acceptors (Lipinski definition) is 1. The van der Waals surface area contributed by atoms with Gasteiger partial charge in [-0.15, -0.1) is 0 Å². The normalized spacial score (nSPS) is 12.4. The summed E-state index contributed by atoms with van der Waals surface area (Å²) in [6, 6.07) is 8.04. The van der Waals surface area contributed by atoms with Crippen LogP contribution in [0.25, 0.3) is 10.9 Å². The third kappa shape index (κ3) is 2.47. The van der Waals surface area contributed by atoms with Crippen LogP contribution in [0.15, 0.2) is 30.5 Å². The van der Waals surface area contributed by atoms with Gasteiger partial charge < -0.3 is 15.2 Å². The molecule has 2 aromatic rings. The number of fused-ring (bicyclic) bond motifs is 1. The highest BCUT2D eigenvalue weighted by atomic mass is 16.2. The molecule has 0 spiro atoms. The van der Waals surface area contributed by atoms with E-state index in [0.29, 0.717) is 0 Å². The molecule has 0 aliphatic carbocycles. The van der Waals surface area contributed by atoms with E-state index in [1.165, 1.54) is 0 Å². The minimum absolute atomic E-state index is 0.152. The molecule has 0 radical (unpaired) electrons. The van der Waals surface area contributed by atoms with Crippen LogP contribution in [0.2, 0.25) is 0 Å². The van der Waals surface area contributed by atoms with Crippen LogP contribution in [0.5, 0.6) is 0 Å². The van der Waals surface area contributed by atoms with Crippen LogP contribution in [0.4, 0.5) is 10.5 Å². The lowest BCUT2D eigenvalue weighted by Gasteiger charge is -2.11. The molecule has 4 heteroatoms. The SMILES string of the molecule is CCC(C)NC(=O)Nc1cn(C)c2ccccc12. The number of anilines is 1. The first-order valence-corrected chi connectivity index (χ1v) is 6.23. The number of aryl methyl sites for hydroxylation is 1. The topological polar surface area (TPSA) is 46.1 Å². The van der Waals surface area contributed by atoms with Crippen LogP contribution in [-0.4, -0.2) is 16.6 Å². The van der Waals surface area contributed by atoms with Crippen LogP contribution in [0.1, 0.15) is 20.3 Å². The maximum Gasteiger partial charge on any atom is 0.319 e. The molecule has 2 N–H and O–H groups in total. The van der Waals surface area contributed by atoms with Crippen molar-refractivity contribution in [2.24, 2.45) is 7.05 Å². The van der Waals surface area contributed by atoms with Crippen molar-refractivity contribution in [1.82, 2.24) is 9.88 Å². The first kappa shape index (κ1) is 12.5. The molecule has 2 amide bonds. The number of benzene rings is 1. The van der Waals surface area contributed by atoms with Gasteiger partial charge in [0.1, 0.15) is 0 Å². The second-order valence-corrected chi connectivity index (χ2v) is 4.58. The van der Waals surface area contributed by atoms with Gasteiger partial charge in [-0.05, 0) is 19.4 Å². The molecule has 2 rings (SSSR count). The molecule has 1 atom stereocenters. The number of nitrogens with one attached hydrogen (secondary N) is 2. The molecule has 0 bridgehead atoms. The van der Waals surface area contributed by atoms with E-state index in [4.69, 9.17) is 0 Å². The van der Waals surface area contributed by atoms with Crippen LogP contribution < -0.4 is 10.6 Å². The van der Waals surface area contributed by atoms with E-state index >= 15 is 0 Å².